The Balaban J connectivity index is 0.000000186. The van der Waals surface area contributed by atoms with Crippen molar-refractivity contribution in [1.82, 2.24) is 4.90 Å². The molecule has 6 heteroatoms. The number of likely N-dealkylation sites (tertiary alicyclic amines) is 1. The number of nitrogens with zero attached hydrogens (tertiary/aromatic N) is 1. The van der Waals surface area contributed by atoms with E-state index in [2.05, 4.69) is 4.74 Å². The number of carbonyl (C=O) groups excluding carboxylic acids is 1. The number of aliphatic carboxylic acids is 1. The Morgan fingerprint density at radius 1 is 1.33 bits per heavy atom. The summed E-state index contributed by atoms with van der Waals surface area (Å²) in [6.07, 6.45) is 1.21. The number of alkyl halides is 1. The molecule has 1 saturated carbocycles. The van der Waals surface area contributed by atoms with Crippen LogP contribution in [0, 0.1) is 11.8 Å². The van der Waals surface area contributed by atoms with Gasteiger partial charge in [-0.1, -0.05) is 37.3 Å². The third-order valence-corrected chi connectivity index (χ3v) is 3.79. The van der Waals surface area contributed by atoms with Crippen LogP contribution in [0.4, 0.5) is 4.39 Å². The van der Waals surface area contributed by atoms with Gasteiger partial charge in [-0.3, -0.25) is 9.59 Å². The molecule has 2 atom stereocenters. The number of hydrogen-bond donors (Lipinski definition) is 1. The van der Waals surface area contributed by atoms with Gasteiger partial charge < -0.3 is 14.7 Å². The van der Waals surface area contributed by atoms with E-state index in [4.69, 9.17) is 5.11 Å². The lowest BCUT2D eigenvalue weighted by atomic mass is 10.1. The Labute approximate surface area is 142 Å². The first-order valence-corrected chi connectivity index (χ1v) is 8.08. The number of hydrogen-bond acceptors (Lipinski definition) is 4. The molecule has 1 aliphatic heterocycles. The molecule has 0 bridgehead atoms. The summed E-state index contributed by atoms with van der Waals surface area (Å²) in [6.45, 7) is 4.31. The predicted molar refractivity (Wildman–Crippen MR) is 89.2 cm³/mol. The molecule has 0 aromatic heterocycles. The molecule has 1 heterocycles. The molecular formula is C18H26FNO4. The highest BCUT2D eigenvalue weighted by atomic mass is 19.1. The number of rotatable bonds is 4. The van der Waals surface area contributed by atoms with E-state index in [9.17, 15) is 14.0 Å². The van der Waals surface area contributed by atoms with E-state index in [1.807, 2.05) is 49.2 Å². The van der Waals surface area contributed by atoms with Gasteiger partial charge in [0.25, 0.3) is 6.47 Å². The maximum Gasteiger partial charge on any atom is 0.306 e. The molecule has 2 unspecified atom stereocenters. The van der Waals surface area contributed by atoms with Crippen molar-refractivity contribution < 1.29 is 23.8 Å². The average molecular weight is 339 g/mol. The van der Waals surface area contributed by atoms with Gasteiger partial charge in [-0.25, -0.2) is 4.39 Å². The first-order valence-electron chi connectivity index (χ1n) is 8.08. The Morgan fingerprint density at radius 3 is 2.25 bits per heavy atom. The van der Waals surface area contributed by atoms with Gasteiger partial charge in [-0.05, 0) is 25.5 Å². The normalized spacial score (nSPS) is 22.5. The second kappa shape index (κ2) is 10.8. The molecule has 24 heavy (non-hydrogen) atoms. The predicted octanol–water partition coefficient (Wildman–Crippen LogP) is 2.75. The SMILES string of the molecule is CC1CN(C)CC1F.O=C(O)C1CC1.O=COCc1ccccc1. The fraction of sp³-hybridized carbons (Fsp3) is 0.556. The monoisotopic (exact) mass is 339 g/mol. The van der Waals surface area contributed by atoms with Crippen molar-refractivity contribution in [2.75, 3.05) is 20.1 Å². The van der Waals surface area contributed by atoms with Gasteiger partial charge in [0.05, 0.1) is 5.92 Å². The number of halogens is 1. The molecule has 2 fully saturated rings. The second-order valence-corrected chi connectivity index (χ2v) is 6.22. The van der Waals surface area contributed by atoms with Gasteiger partial charge in [-0.15, -0.1) is 0 Å². The van der Waals surface area contributed by atoms with E-state index in [1.165, 1.54) is 0 Å². The summed E-state index contributed by atoms with van der Waals surface area (Å²) in [6, 6.07) is 9.55. The molecule has 0 radical (unpaired) electrons. The van der Waals surface area contributed by atoms with Crippen LogP contribution in [0.25, 0.3) is 0 Å². The Kier molecular flexibility index (Phi) is 9.01. The average Bonchev–Trinajstić information content (AvgIpc) is 3.36. The van der Waals surface area contributed by atoms with Crippen molar-refractivity contribution in [2.45, 2.75) is 32.5 Å². The summed E-state index contributed by atoms with van der Waals surface area (Å²) in [4.78, 5) is 21.5. The van der Waals surface area contributed by atoms with Crippen molar-refractivity contribution in [1.29, 1.82) is 0 Å². The molecule has 134 valence electrons. The smallest absolute Gasteiger partial charge is 0.306 e. The number of benzene rings is 1. The Hall–Kier alpha value is -1.95. The summed E-state index contributed by atoms with van der Waals surface area (Å²) >= 11 is 0. The zero-order chi connectivity index (χ0) is 17.9. The topological polar surface area (TPSA) is 66.8 Å². The molecule has 5 nitrogen and oxygen atoms in total. The van der Waals surface area contributed by atoms with Crippen molar-refractivity contribution in [3.05, 3.63) is 35.9 Å². The summed E-state index contributed by atoms with van der Waals surface area (Å²) in [7, 11) is 1.95. The van der Waals surface area contributed by atoms with Crippen molar-refractivity contribution in [2.24, 2.45) is 11.8 Å². The number of carbonyl (C=O) groups is 2. The minimum Gasteiger partial charge on any atom is -0.481 e. The van der Waals surface area contributed by atoms with Gasteiger partial charge in [-0.2, -0.15) is 0 Å². The van der Waals surface area contributed by atoms with Crippen LogP contribution in [0.1, 0.15) is 25.3 Å². The Morgan fingerprint density at radius 2 is 1.96 bits per heavy atom. The molecule has 1 N–H and O–H groups in total. The standard InChI is InChI=1S/C8H8O2.C6H12FN.C4H6O2/c9-7-10-6-8-4-2-1-3-5-8;1-5-3-8(2)4-6(5)7;5-4(6)3-1-2-3/h1-5,7H,6H2;5-6H,3-4H2,1-2H3;3H,1-2H2,(H,5,6). The zero-order valence-corrected chi connectivity index (χ0v) is 14.2. The lowest BCUT2D eigenvalue weighted by molar-refractivity contribution is -0.138. The zero-order valence-electron chi connectivity index (χ0n) is 14.2. The van der Waals surface area contributed by atoms with Crippen LogP contribution < -0.4 is 0 Å². The van der Waals surface area contributed by atoms with Crippen LogP contribution in [0.3, 0.4) is 0 Å². The van der Waals surface area contributed by atoms with Crippen molar-refractivity contribution in [3.63, 3.8) is 0 Å². The third kappa shape index (κ3) is 8.62. The highest BCUT2D eigenvalue weighted by molar-refractivity contribution is 5.72. The van der Waals surface area contributed by atoms with Gasteiger partial charge in [0.15, 0.2) is 0 Å². The molecule has 3 rings (SSSR count). The van der Waals surface area contributed by atoms with Crippen LogP contribution in [0.2, 0.25) is 0 Å². The third-order valence-electron chi connectivity index (χ3n) is 3.79. The highest BCUT2D eigenvalue weighted by Crippen LogP contribution is 2.28. The van der Waals surface area contributed by atoms with Gasteiger partial charge >= 0.3 is 5.97 Å². The van der Waals surface area contributed by atoms with Crippen molar-refractivity contribution >= 4 is 12.4 Å². The summed E-state index contributed by atoms with van der Waals surface area (Å²) < 4.78 is 17.1. The van der Waals surface area contributed by atoms with E-state index in [-0.39, 0.29) is 11.8 Å². The summed E-state index contributed by atoms with van der Waals surface area (Å²) in [5.41, 5.74) is 1.01. The maximum absolute atomic E-state index is 12.5. The number of ether oxygens (including phenoxy) is 1. The maximum atomic E-state index is 12.5. The molecular weight excluding hydrogens is 313 g/mol. The number of carboxylic acid groups (broad SMARTS) is 1. The van der Waals surface area contributed by atoms with Crippen LogP contribution in [-0.4, -0.2) is 48.8 Å². The van der Waals surface area contributed by atoms with Crippen LogP contribution >= 0.6 is 0 Å². The van der Waals surface area contributed by atoms with Gasteiger partial charge in [0.2, 0.25) is 0 Å². The molecule has 1 aliphatic carbocycles. The highest BCUT2D eigenvalue weighted by Gasteiger charge is 2.28. The fourth-order valence-electron chi connectivity index (χ4n) is 2.19. The summed E-state index contributed by atoms with van der Waals surface area (Å²) in [5.74, 6) is -0.361. The van der Waals surface area contributed by atoms with Gasteiger partial charge in [0.1, 0.15) is 12.8 Å². The van der Waals surface area contributed by atoms with Crippen molar-refractivity contribution in [3.8, 4) is 0 Å². The quantitative estimate of drug-likeness (QED) is 0.855. The molecule has 1 aromatic rings. The lowest BCUT2D eigenvalue weighted by Crippen LogP contribution is -2.13. The number of carboxylic acids is 1. The largest absolute Gasteiger partial charge is 0.481 e. The minimum absolute atomic E-state index is 0.0185. The van der Waals surface area contributed by atoms with E-state index in [0.717, 1.165) is 24.9 Å². The van der Waals surface area contributed by atoms with Crippen LogP contribution in [-0.2, 0) is 20.9 Å². The van der Waals surface area contributed by atoms with E-state index in [0.29, 0.717) is 19.6 Å². The Bertz CT molecular complexity index is 483. The molecule has 1 aromatic carbocycles. The molecule has 0 amide bonds. The first kappa shape index (κ1) is 20.1. The second-order valence-electron chi connectivity index (χ2n) is 6.22. The van der Waals surface area contributed by atoms with Crippen LogP contribution in [0.5, 0.6) is 0 Å². The van der Waals surface area contributed by atoms with Crippen LogP contribution in [0.15, 0.2) is 30.3 Å². The molecule has 0 spiro atoms. The van der Waals surface area contributed by atoms with Gasteiger partial charge in [0, 0.05) is 19.0 Å². The fourth-order valence-corrected chi connectivity index (χ4v) is 2.19. The first-order chi connectivity index (χ1) is 11.4. The molecule has 1 saturated heterocycles. The van der Waals surface area contributed by atoms with E-state index in [1.54, 1.807) is 0 Å². The summed E-state index contributed by atoms with van der Waals surface area (Å²) in [5, 5.41) is 8.05. The van der Waals surface area contributed by atoms with E-state index < -0.39 is 12.1 Å². The van der Waals surface area contributed by atoms with E-state index >= 15 is 0 Å². The minimum atomic E-state index is -0.630. The molecule has 2 aliphatic rings. The lowest BCUT2D eigenvalue weighted by Gasteiger charge is -2.02.